The van der Waals surface area contributed by atoms with E-state index in [9.17, 15) is 14.4 Å². The monoisotopic (exact) mass is 453 g/mol. The molecule has 0 spiro atoms. The average molecular weight is 454 g/mol. The normalized spacial score (nSPS) is 22.3. The summed E-state index contributed by atoms with van der Waals surface area (Å²) in [6.45, 7) is 2.11. The molecule has 0 unspecified atom stereocenters. The number of amides is 3. The lowest BCUT2D eigenvalue weighted by atomic mass is 10.1. The standard InChI is InChI=1S/C23H23N3O5S/c27-21(13-20-22(28)24-15-5-1-4-8-19(15)32-20)26-14-18(23(29)25-9-11-30-12-10-25)31-17-7-3-2-6-16(17)26/h1-8,18,20H,9-14H2,(H,24,28)/t18-,20+/m1/s1. The van der Waals surface area contributed by atoms with Gasteiger partial charge in [-0.15, -0.1) is 11.8 Å². The van der Waals surface area contributed by atoms with Crippen LogP contribution in [0.25, 0.3) is 0 Å². The van der Waals surface area contributed by atoms with Crippen LogP contribution in [-0.4, -0.2) is 66.8 Å². The van der Waals surface area contributed by atoms with Gasteiger partial charge in [0.2, 0.25) is 11.8 Å². The van der Waals surface area contributed by atoms with Crippen molar-refractivity contribution in [3.05, 3.63) is 48.5 Å². The summed E-state index contributed by atoms with van der Waals surface area (Å²) in [5.41, 5.74) is 1.38. The number of para-hydroxylation sites is 3. The molecule has 3 aliphatic rings. The Hall–Kier alpha value is -3.04. The van der Waals surface area contributed by atoms with Gasteiger partial charge in [0.05, 0.1) is 36.4 Å². The van der Waals surface area contributed by atoms with Gasteiger partial charge in [-0.25, -0.2) is 0 Å². The third kappa shape index (κ3) is 4.05. The van der Waals surface area contributed by atoms with Crippen molar-refractivity contribution in [2.75, 3.05) is 43.1 Å². The Morgan fingerprint density at radius 2 is 1.81 bits per heavy atom. The summed E-state index contributed by atoms with van der Waals surface area (Å²) in [6.07, 6.45) is -0.766. The van der Waals surface area contributed by atoms with E-state index >= 15 is 0 Å². The number of carbonyl (C=O) groups is 3. The van der Waals surface area contributed by atoms with Crippen LogP contribution in [0.4, 0.5) is 11.4 Å². The highest BCUT2D eigenvalue weighted by molar-refractivity contribution is 8.01. The molecule has 2 aromatic rings. The Morgan fingerprint density at radius 1 is 1.06 bits per heavy atom. The van der Waals surface area contributed by atoms with E-state index in [1.165, 1.54) is 11.8 Å². The number of thioether (sulfide) groups is 1. The Labute approximate surface area is 189 Å². The number of hydrogen-bond donors (Lipinski definition) is 1. The SMILES string of the molecule is O=C1Nc2ccccc2S[C@H]1CC(=O)N1C[C@H](C(=O)N2CCOCC2)Oc2ccccc21. The second kappa shape index (κ2) is 8.84. The van der Waals surface area contributed by atoms with E-state index in [0.717, 1.165) is 10.6 Å². The first kappa shape index (κ1) is 20.8. The van der Waals surface area contributed by atoms with Gasteiger partial charge >= 0.3 is 0 Å². The quantitative estimate of drug-likeness (QED) is 0.766. The Bertz CT molecular complexity index is 1060. The van der Waals surface area contributed by atoms with Gasteiger partial charge in [0, 0.05) is 24.4 Å². The molecule has 2 atom stereocenters. The summed E-state index contributed by atoms with van der Waals surface area (Å²) in [5, 5.41) is 2.34. The molecule has 0 aromatic heterocycles. The lowest BCUT2D eigenvalue weighted by Crippen LogP contribution is -2.54. The van der Waals surface area contributed by atoms with Crippen LogP contribution < -0.4 is 15.0 Å². The smallest absolute Gasteiger partial charge is 0.265 e. The maximum Gasteiger partial charge on any atom is 0.265 e. The molecule has 3 aliphatic heterocycles. The molecular formula is C23H23N3O5S. The average Bonchev–Trinajstić information content (AvgIpc) is 2.83. The molecule has 9 heteroatoms. The maximum atomic E-state index is 13.4. The second-order valence-electron chi connectivity index (χ2n) is 7.81. The molecule has 3 heterocycles. The fourth-order valence-corrected chi connectivity index (χ4v) is 5.18. The molecule has 0 saturated carbocycles. The van der Waals surface area contributed by atoms with Crippen LogP contribution >= 0.6 is 11.8 Å². The van der Waals surface area contributed by atoms with Crippen LogP contribution in [0, 0.1) is 0 Å². The van der Waals surface area contributed by atoms with Gasteiger partial charge in [-0.1, -0.05) is 24.3 Å². The number of ether oxygens (including phenoxy) is 2. The Kier molecular flexibility index (Phi) is 5.75. The van der Waals surface area contributed by atoms with Crippen LogP contribution in [0.5, 0.6) is 5.75 Å². The van der Waals surface area contributed by atoms with Gasteiger partial charge < -0.3 is 24.6 Å². The number of rotatable bonds is 3. The largest absolute Gasteiger partial charge is 0.476 e. The number of nitrogens with one attached hydrogen (secondary N) is 1. The van der Waals surface area contributed by atoms with Crippen LogP contribution in [0.1, 0.15) is 6.42 Å². The van der Waals surface area contributed by atoms with Gasteiger partial charge in [-0.3, -0.25) is 14.4 Å². The van der Waals surface area contributed by atoms with E-state index in [2.05, 4.69) is 5.32 Å². The summed E-state index contributed by atoms with van der Waals surface area (Å²) >= 11 is 1.39. The first-order valence-corrected chi connectivity index (χ1v) is 11.5. The van der Waals surface area contributed by atoms with Gasteiger partial charge in [0.1, 0.15) is 5.75 Å². The van der Waals surface area contributed by atoms with Crippen molar-refractivity contribution in [3.63, 3.8) is 0 Å². The topological polar surface area (TPSA) is 88.2 Å². The lowest BCUT2D eigenvalue weighted by Gasteiger charge is -2.37. The third-order valence-corrected chi connectivity index (χ3v) is 7.01. The zero-order valence-corrected chi connectivity index (χ0v) is 18.2. The molecule has 0 radical (unpaired) electrons. The molecular weight excluding hydrogens is 430 g/mol. The minimum atomic E-state index is -0.791. The molecule has 2 aromatic carbocycles. The Balaban J connectivity index is 1.35. The van der Waals surface area contributed by atoms with Crippen molar-refractivity contribution < 1.29 is 23.9 Å². The lowest BCUT2D eigenvalue weighted by molar-refractivity contribution is -0.142. The molecule has 1 fully saturated rings. The van der Waals surface area contributed by atoms with E-state index in [-0.39, 0.29) is 30.7 Å². The first-order valence-electron chi connectivity index (χ1n) is 10.6. The summed E-state index contributed by atoms with van der Waals surface area (Å²) in [5.74, 6) is -0.0683. The molecule has 5 rings (SSSR count). The maximum absolute atomic E-state index is 13.4. The van der Waals surface area contributed by atoms with E-state index in [1.807, 2.05) is 36.4 Å². The van der Waals surface area contributed by atoms with Crippen molar-refractivity contribution in [1.82, 2.24) is 4.90 Å². The van der Waals surface area contributed by atoms with Crippen molar-refractivity contribution in [3.8, 4) is 5.75 Å². The molecule has 166 valence electrons. The van der Waals surface area contributed by atoms with Crippen molar-refractivity contribution in [2.45, 2.75) is 22.7 Å². The number of benzene rings is 2. The highest BCUT2D eigenvalue weighted by Gasteiger charge is 2.38. The van der Waals surface area contributed by atoms with E-state index < -0.39 is 11.4 Å². The van der Waals surface area contributed by atoms with Crippen LogP contribution in [0.3, 0.4) is 0 Å². The van der Waals surface area contributed by atoms with E-state index in [4.69, 9.17) is 9.47 Å². The molecule has 0 aliphatic carbocycles. The fourth-order valence-electron chi connectivity index (χ4n) is 4.08. The van der Waals surface area contributed by atoms with Crippen molar-refractivity contribution >= 4 is 40.9 Å². The molecule has 3 amide bonds. The number of anilines is 2. The molecule has 1 saturated heterocycles. The summed E-state index contributed by atoms with van der Waals surface area (Å²) in [4.78, 5) is 43.2. The number of morpholine rings is 1. The highest BCUT2D eigenvalue weighted by atomic mass is 32.2. The van der Waals surface area contributed by atoms with Gasteiger partial charge in [-0.05, 0) is 24.3 Å². The van der Waals surface area contributed by atoms with Gasteiger partial charge in [0.15, 0.2) is 6.10 Å². The van der Waals surface area contributed by atoms with Crippen molar-refractivity contribution in [2.24, 2.45) is 0 Å². The zero-order chi connectivity index (χ0) is 22.1. The molecule has 8 nitrogen and oxygen atoms in total. The van der Waals surface area contributed by atoms with Crippen LogP contribution in [-0.2, 0) is 19.1 Å². The third-order valence-electron chi connectivity index (χ3n) is 5.74. The van der Waals surface area contributed by atoms with Gasteiger partial charge in [0.25, 0.3) is 5.91 Å². The minimum absolute atomic E-state index is 0.0254. The Morgan fingerprint density at radius 3 is 2.66 bits per heavy atom. The van der Waals surface area contributed by atoms with Crippen molar-refractivity contribution in [1.29, 1.82) is 0 Å². The number of hydrogen-bond acceptors (Lipinski definition) is 6. The predicted molar refractivity (Wildman–Crippen MR) is 120 cm³/mol. The predicted octanol–water partition coefficient (Wildman–Crippen LogP) is 2.14. The van der Waals surface area contributed by atoms with Crippen LogP contribution in [0.15, 0.2) is 53.4 Å². The number of carbonyl (C=O) groups excluding carboxylic acids is 3. The van der Waals surface area contributed by atoms with E-state index in [0.29, 0.717) is 37.7 Å². The van der Waals surface area contributed by atoms with Crippen LogP contribution in [0.2, 0.25) is 0 Å². The number of nitrogens with zero attached hydrogens (tertiary/aromatic N) is 2. The zero-order valence-electron chi connectivity index (χ0n) is 17.4. The van der Waals surface area contributed by atoms with E-state index in [1.54, 1.807) is 21.9 Å². The van der Waals surface area contributed by atoms with Gasteiger partial charge in [-0.2, -0.15) is 0 Å². The summed E-state index contributed by atoms with van der Waals surface area (Å²) in [7, 11) is 0. The molecule has 0 bridgehead atoms. The first-order chi connectivity index (χ1) is 15.6. The summed E-state index contributed by atoms with van der Waals surface area (Å²) in [6, 6.07) is 14.7. The summed E-state index contributed by atoms with van der Waals surface area (Å²) < 4.78 is 11.3. The second-order valence-corrected chi connectivity index (χ2v) is 9.06. The molecule has 32 heavy (non-hydrogen) atoms. The minimum Gasteiger partial charge on any atom is -0.476 e. The highest BCUT2D eigenvalue weighted by Crippen LogP contribution is 2.38. The molecule has 1 N–H and O–H groups in total. The fraction of sp³-hybridized carbons (Fsp3) is 0.348. The number of fused-ring (bicyclic) bond motifs is 2.